The first-order valence-electron chi connectivity index (χ1n) is 6.87. The van der Waals surface area contributed by atoms with Crippen molar-refractivity contribution in [2.75, 3.05) is 19.6 Å². The summed E-state index contributed by atoms with van der Waals surface area (Å²) in [5, 5.41) is 3.04. The maximum absolute atomic E-state index is 11.1. The van der Waals surface area contributed by atoms with Crippen molar-refractivity contribution < 1.29 is 8.42 Å². The Hall–Kier alpha value is -0.820. The zero-order valence-corrected chi connectivity index (χ0v) is 12.7. The normalized spacial score (nSPS) is 33.4. The van der Waals surface area contributed by atoms with Crippen LogP contribution in [0.15, 0.2) is 4.99 Å². The van der Waals surface area contributed by atoms with Crippen LogP contribution in [0, 0.1) is 11.8 Å². The minimum Gasteiger partial charge on any atom is -0.343 e. The van der Waals surface area contributed by atoms with Gasteiger partial charge in [0.05, 0.1) is 19.6 Å². The number of sulfonamides is 1. The van der Waals surface area contributed by atoms with Crippen LogP contribution in [0.25, 0.3) is 0 Å². The van der Waals surface area contributed by atoms with E-state index in [1.54, 1.807) is 0 Å². The highest BCUT2D eigenvalue weighted by atomic mass is 32.2. The molecule has 0 aromatic carbocycles. The average Bonchev–Trinajstić information content (AvgIpc) is 2.32. The SMILES string of the molecule is C[C@H]1[C@H](C)CCC[C@@H]1N1CN=C(NS(C)(=O)=O)NC1. The summed E-state index contributed by atoms with van der Waals surface area (Å²) in [6, 6.07) is 0.541. The topological polar surface area (TPSA) is 73.8 Å². The molecule has 2 rings (SSSR count). The molecule has 0 unspecified atom stereocenters. The molecule has 0 radical (unpaired) electrons. The molecule has 1 saturated carbocycles. The molecule has 110 valence electrons. The van der Waals surface area contributed by atoms with Gasteiger partial charge in [-0.15, -0.1) is 0 Å². The maximum Gasteiger partial charge on any atom is 0.232 e. The van der Waals surface area contributed by atoms with Crippen LogP contribution in [0.2, 0.25) is 0 Å². The fraction of sp³-hybridized carbons (Fsp3) is 0.917. The van der Waals surface area contributed by atoms with Crippen molar-refractivity contribution >= 4 is 16.0 Å². The summed E-state index contributed by atoms with van der Waals surface area (Å²) in [4.78, 5) is 6.57. The molecule has 2 N–H and O–H groups in total. The lowest BCUT2D eigenvalue weighted by Gasteiger charge is -2.42. The van der Waals surface area contributed by atoms with Gasteiger partial charge in [0, 0.05) is 6.04 Å². The van der Waals surface area contributed by atoms with Gasteiger partial charge in [0.2, 0.25) is 16.0 Å². The van der Waals surface area contributed by atoms with Gasteiger partial charge in [-0.25, -0.2) is 13.4 Å². The van der Waals surface area contributed by atoms with Crippen LogP contribution in [-0.4, -0.2) is 44.9 Å². The van der Waals surface area contributed by atoms with E-state index in [0.29, 0.717) is 31.3 Å². The summed E-state index contributed by atoms with van der Waals surface area (Å²) in [6.07, 6.45) is 4.92. The molecule has 1 heterocycles. The highest BCUT2D eigenvalue weighted by Gasteiger charge is 2.32. The van der Waals surface area contributed by atoms with Gasteiger partial charge < -0.3 is 5.32 Å². The van der Waals surface area contributed by atoms with Crippen molar-refractivity contribution in [3.8, 4) is 0 Å². The quantitative estimate of drug-likeness (QED) is 0.777. The molecule has 0 saturated heterocycles. The van der Waals surface area contributed by atoms with Crippen molar-refractivity contribution in [1.82, 2.24) is 14.9 Å². The monoisotopic (exact) mass is 288 g/mol. The third kappa shape index (κ3) is 3.82. The third-order valence-corrected chi connectivity index (χ3v) is 4.84. The Labute approximate surface area is 115 Å². The molecule has 19 heavy (non-hydrogen) atoms. The first kappa shape index (κ1) is 14.6. The molecule has 0 aromatic heterocycles. The van der Waals surface area contributed by atoms with Gasteiger partial charge >= 0.3 is 0 Å². The number of nitrogens with one attached hydrogen (secondary N) is 2. The number of guanidine groups is 1. The summed E-state index contributed by atoms with van der Waals surface area (Å²) in [6.45, 7) is 5.84. The van der Waals surface area contributed by atoms with Crippen LogP contribution in [-0.2, 0) is 10.0 Å². The predicted molar refractivity (Wildman–Crippen MR) is 76.1 cm³/mol. The predicted octanol–water partition coefficient (Wildman–Crippen LogP) is 0.537. The Morgan fingerprint density at radius 2 is 2.11 bits per heavy atom. The van der Waals surface area contributed by atoms with Gasteiger partial charge in [0.25, 0.3) is 0 Å². The molecule has 1 aliphatic carbocycles. The number of hydrogen-bond donors (Lipinski definition) is 2. The lowest BCUT2D eigenvalue weighted by Crippen LogP contribution is -2.55. The highest BCUT2D eigenvalue weighted by molar-refractivity contribution is 7.89. The van der Waals surface area contributed by atoms with Gasteiger partial charge in [-0.2, -0.15) is 0 Å². The minimum absolute atomic E-state index is 0.357. The van der Waals surface area contributed by atoms with E-state index in [0.717, 1.165) is 12.2 Å². The van der Waals surface area contributed by atoms with Crippen LogP contribution < -0.4 is 10.0 Å². The Balaban J connectivity index is 1.95. The lowest BCUT2D eigenvalue weighted by molar-refractivity contribution is 0.0768. The maximum atomic E-state index is 11.1. The molecule has 0 aromatic rings. The second-order valence-corrected chi connectivity index (χ2v) is 7.53. The van der Waals surface area contributed by atoms with E-state index in [4.69, 9.17) is 0 Å². The van der Waals surface area contributed by atoms with Crippen LogP contribution in [0.4, 0.5) is 0 Å². The molecule has 1 aliphatic heterocycles. The zero-order valence-electron chi connectivity index (χ0n) is 11.9. The molecule has 0 spiro atoms. The average molecular weight is 288 g/mol. The second kappa shape index (κ2) is 5.66. The Morgan fingerprint density at radius 3 is 2.68 bits per heavy atom. The first-order chi connectivity index (χ1) is 8.87. The summed E-state index contributed by atoms with van der Waals surface area (Å²) >= 11 is 0. The molecule has 1 fully saturated rings. The van der Waals surface area contributed by atoms with Crippen molar-refractivity contribution in [3.05, 3.63) is 0 Å². The molecule has 0 bridgehead atoms. The molecule has 0 amide bonds. The number of rotatable bonds is 2. The molecule has 3 atom stereocenters. The Bertz CT molecular complexity index is 449. The molecular weight excluding hydrogens is 264 g/mol. The van der Waals surface area contributed by atoms with Crippen LogP contribution in [0.1, 0.15) is 33.1 Å². The Kier molecular flexibility index (Phi) is 4.35. The van der Waals surface area contributed by atoms with Gasteiger partial charge in [-0.1, -0.05) is 26.7 Å². The summed E-state index contributed by atoms with van der Waals surface area (Å²) in [5.74, 6) is 1.77. The van der Waals surface area contributed by atoms with E-state index in [-0.39, 0.29) is 0 Å². The molecule has 7 heteroatoms. The summed E-state index contributed by atoms with van der Waals surface area (Å²) < 4.78 is 24.7. The van der Waals surface area contributed by atoms with E-state index in [9.17, 15) is 8.42 Å². The number of hydrogen-bond acceptors (Lipinski definition) is 5. The smallest absolute Gasteiger partial charge is 0.232 e. The van der Waals surface area contributed by atoms with Crippen molar-refractivity contribution in [1.29, 1.82) is 0 Å². The van der Waals surface area contributed by atoms with Crippen LogP contribution in [0.3, 0.4) is 0 Å². The second-order valence-electron chi connectivity index (χ2n) is 5.78. The number of aliphatic imine (C=N–C) groups is 1. The minimum atomic E-state index is -3.25. The van der Waals surface area contributed by atoms with Gasteiger partial charge in [0.1, 0.15) is 0 Å². The largest absolute Gasteiger partial charge is 0.343 e. The van der Waals surface area contributed by atoms with Crippen molar-refractivity contribution in [3.63, 3.8) is 0 Å². The van der Waals surface area contributed by atoms with Crippen molar-refractivity contribution in [2.45, 2.75) is 39.2 Å². The lowest BCUT2D eigenvalue weighted by atomic mass is 9.77. The van der Waals surface area contributed by atoms with E-state index in [1.807, 2.05) is 0 Å². The highest BCUT2D eigenvalue weighted by Crippen LogP contribution is 2.32. The van der Waals surface area contributed by atoms with Crippen LogP contribution >= 0.6 is 0 Å². The van der Waals surface area contributed by atoms with Gasteiger partial charge in [-0.05, 0) is 18.3 Å². The van der Waals surface area contributed by atoms with Gasteiger partial charge in [0.15, 0.2) is 0 Å². The Morgan fingerprint density at radius 1 is 1.37 bits per heavy atom. The summed E-state index contributed by atoms with van der Waals surface area (Å²) in [7, 11) is -3.25. The van der Waals surface area contributed by atoms with Gasteiger partial charge in [-0.3, -0.25) is 9.62 Å². The van der Waals surface area contributed by atoms with E-state index in [1.165, 1.54) is 19.3 Å². The first-order valence-corrected chi connectivity index (χ1v) is 8.76. The summed E-state index contributed by atoms with van der Waals surface area (Å²) in [5.41, 5.74) is 0. The van der Waals surface area contributed by atoms with E-state index >= 15 is 0 Å². The van der Waals surface area contributed by atoms with Crippen molar-refractivity contribution in [2.24, 2.45) is 16.8 Å². The number of nitrogens with zero attached hydrogens (tertiary/aromatic N) is 2. The fourth-order valence-electron chi connectivity index (χ4n) is 2.98. The van der Waals surface area contributed by atoms with E-state index < -0.39 is 10.0 Å². The third-order valence-electron chi connectivity index (χ3n) is 4.28. The van der Waals surface area contributed by atoms with E-state index in [2.05, 4.69) is 33.8 Å². The zero-order chi connectivity index (χ0) is 14.0. The fourth-order valence-corrected chi connectivity index (χ4v) is 3.47. The van der Waals surface area contributed by atoms with Crippen LogP contribution in [0.5, 0.6) is 0 Å². The standard InChI is InChI=1S/C12H24N4O2S/c1-9-5-4-6-11(10(9)2)16-7-13-12(14-8-16)15-19(3,17)18/h9-11H,4-8H2,1-3H3,(H2,13,14,15)/t9-,10+,11+/m1/s1. The molecular formula is C12H24N4O2S. The molecule has 6 nitrogen and oxygen atoms in total. The molecule has 2 aliphatic rings.